The summed E-state index contributed by atoms with van der Waals surface area (Å²) >= 11 is 0. The van der Waals surface area contributed by atoms with Crippen LogP contribution in [0.2, 0.25) is 0 Å². The van der Waals surface area contributed by atoms with Crippen LogP contribution < -0.4 is 0 Å². The van der Waals surface area contributed by atoms with Crippen LogP contribution in [0.25, 0.3) is 0 Å². The molecule has 3 aliphatic rings. The number of amides is 1. The van der Waals surface area contributed by atoms with Crippen LogP contribution in [0.4, 0.5) is 0 Å². The highest BCUT2D eigenvalue weighted by molar-refractivity contribution is 7.91. The number of sulfone groups is 1. The van der Waals surface area contributed by atoms with Crippen molar-refractivity contribution >= 4 is 15.7 Å². The molecule has 0 spiro atoms. The third kappa shape index (κ3) is 3.49. The standard InChI is InChI=1S/C25H37NO4S/c1-16(2)31(29,30)15-17-9-10-18(13-17)23(28)26-12-11-25(5)20-7-6-8-21(27)19(20)14-22(26)24(25,3)4/h6-8,16-18,22,27H,9-15H2,1-5H3/t17?,18-,22-,25+/m1/s1. The number of piperidine rings is 1. The highest BCUT2D eigenvalue weighted by Gasteiger charge is 2.57. The van der Waals surface area contributed by atoms with Crippen molar-refractivity contribution in [3.05, 3.63) is 29.3 Å². The van der Waals surface area contributed by atoms with Crippen molar-refractivity contribution in [1.82, 2.24) is 4.90 Å². The minimum Gasteiger partial charge on any atom is -0.508 e. The molecule has 1 saturated heterocycles. The molecule has 1 N–H and O–H groups in total. The monoisotopic (exact) mass is 447 g/mol. The summed E-state index contributed by atoms with van der Waals surface area (Å²) in [6.45, 7) is 11.0. The van der Waals surface area contributed by atoms with Crippen LogP contribution >= 0.6 is 0 Å². The Morgan fingerprint density at radius 3 is 2.61 bits per heavy atom. The van der Waals surface area contributed by atoms with Crippen LogP contribution in [0.1, 0.15) is 71.4 Å². The van der Waals surface area contributed by atoms with E-state index in [0.29, 0.717) is 18.6 Å². The summed E-state index contributed by atoms with van der Waals surface area (Å²) in [5.74, 6) is 0.712. The second kappa shape index (κ2) is 7.50. The quantitative estimate of drug-likeness (QED) is 0.755. The lowest BCUT2D eigenvalue weighted by Gasteiger charge is -2.61. The molecule has 172 valence electrons. The largest absolute Gasteiger partial charge is 0.508 e. The number of aromatic hydroxyl groups is 1. The van der Waals surface area contributed by atoms with Crippen LogP contribution in [0.15, 0.2) is 18.2 Å². The number of nitrogens with zero attached hydrogens (tertiary/aromatic N) is 1. The van der Waals surface area contributed by atoms with E-state index in [-0.39, 0.29) is 45.6 Å². The van der Waals surface area contributed by atoms with E-state index in [1.807, 2.05) is 6.07 Å². The number of phenolic OH excluding ortho intramolecular Hbond substituents is 1. The van der Waals surface area contributed by atoms with Gasteiger partial charge in [-0.3, -0.25) is 4.79 Å². The third-order valence-corrected chi connectivity index (χ3v) is 11.4. The number of carbonyl (C=O) groups excluding carboxylic acids is 1. The van der Waals surface area contributed by atoms with E-state index >= 15 is 0 Å². The van der Waals surface area contributed by atoms with Crippen molar-refractivity contribution in [3.8, 4) is 5.75 Å². The minimum absolute atomic E-state index is 0.0398. The maximum atomic E-state index is 13.6. The zero-order valence-corrected chi connectivity index (χ0v) is 20.3. The van der Waals surface area contributed by atoms with Gasteiger partial charge >= 0.3 is 0 Å². The summed E-state index contributed by atoms with van der Waals surface area (Å²) < 4.78 is 24.7. The lowest BCUT2D eigenvalue weighted by Crippen LogP contribution is -2.65. The molecule has 0 aromatic heterocycles. The van der Waals surface area contributed by atoms with Crippen molar-refractivity contribution in [2.24, 2.45) is 17.3 Å². The van der Waals surface area contributed by atoms with Crippen LogP contribution in [0, 0.1) is 17.3 Å². The van der Waals surface area contributed by atoms with Gasteiger partial charge in [0, 0.05) is 23.9 Å². The molecule has 2 bridgehead atoms. The number of hydrogen-bond acceptors (Lipinski definition) is 4. The van der Waals surface area contributed by atoms with E-state index in [0.717, 1.165) is 31.4 Å². The predicted octanol–water partition coefficient (Wildman–Crippen LogP) is 4.07. The number of benzene rings is 1. The maximum absolute atomic E-state index is 13.6. The third-order valence-electron chi connectivity index (χ3n) is 8.99. The Balaban J connectivity index is 1.56. The summed E-state index contributed by atoms with van der Waals surface area (Å²) in [5.41, 5.74) is 2.00. The Morgan fingerprint density at radius 1 is 1.23 bits per heavy atom. The molecule has 0 radical (unpaired) electrons. The molecule has 1 aromatic rings. The fraction of sp³-hybridized carbons (Fsp3) is 0.720. The van der Waals surface area contributed by atoms with Crippen LogP contribution in [-0.2, 0) is 26.5 Å². The van der Waals surface area contributed by atoms with E-state index < -0.39 is 9.84 Å². The molecule has 1 aliphatic heterocycles. The van der Waals surface area contributed by atoms with Crippen LogP contribution in [0.5, 0.6) is 5.75 Å². The number of fused-ring (bicyclic) bond motifs is 4. The molecule has 1 aromatic carbocycles. The van der Waals surface area contributed by atoms with Gasteiger partial charge in [0.1, 0.15) is 5.75 Å². The number of likely N-dealkylation sites (tertiary alicyclic amines) is 1. The number of rotatable bonds is 4. The van der Waals surface area contributed by atoms with Gasteiger partial charge in [0.25, 0.3) is 0 Å². The summed E-state index contributed by atoms with van der Waals surface area (Å²) in [6.07, 6.45) is 3.81. The van der Waals surface area contributed by atoms with Gasteiger partial charge in [-0.15, -0.1) is 0 Å². The van der Waals surface area contributed by atoms with Crippen molar-refractivity contribution in [3.63, 3.8) is 0 Å². The maximum Gasteiger partial charge on any atom is 0.225 e. The van der Waals surface area contributed by atoms with E-state index in [9.17, 15) is 18.3 Å². The highest BCUT2D eigenvalue weighted by Crippen LogP contribution is 2.57. The second-order valence-electron chi connectivity index (χ2n) is 11.1. The zero-order chi connectivity index (χ0) is 22.8. The molecular weight excluding hydrogens is 410 g/mol. The average molecular weight is 448 g/mol. The Labute approximate surface area is 187 Å². The van der Waals surface area contributed by atoms with Crippen molar-refractivity contribution in [1.29, 1.82) is 0 Å². The molecule has 6 heteroatoms. The summed E-state index contributed by atoms with van der Waals surface area (Å²) in [7, 11) is -3.09. The first-order chi connectivity index (χ1) is 14.4. The Morgan fingerprint density at radius 2 is 1.94 bits per heavy atom. The first-order valence-electron chi connectivity index (χ1n) is 11.7. The Bertz CT molecular complexity index is 983. The average Bonchev–Trinajstić information content (AvgIpc) is 3.12. The second-order valence-corrected chi connectivity index (χ2v) is 13.7. The fourth-order valence-corrected chi connectivity index (χ4v) is 7.74. The van der Waals surface area contributed by atoms with Crippen molar-refractivity contribution in [2.45, 2.75) is 83.4 Å². The molecule has 4 rings (SSSR count). The normalized spacial score (nSPS) is 32.2. The van der Waals surface area contributed by atoms with Crippen molar-refractivity contribution in [2.75, 3.05) is 12.3 Å². The first-order valence-corrected chi connectivity index (χ1v) is 13.4. The molecule has 2 aliphatic carbocycles. The minimum atomic E-state index is -3.09. The number of hydrogen-bond donors (Lipinski definition) is 1. The van der Waals surface area contributed by atoms with Gasteiger partial charge in [-0.2, -0.15) is 0 Å². The van der Waals surface area contributed by atoms with Crippen molar-refractivity contribution < 1.29 is 18.3 Å². The molecule has 1 heterocycles. The molecule has 31 heavy (non-hydrogen) atoms. The predicted molar refractivity (Wildman–Crippen MR) is 123 cm³/mol. The van der Waals surface area contributed by atoms with Crippen LogP contribution in [-0.4, -0.2) is 47.9 Å². The van der Waals surface area contributed by atoms with E-state index in [4.69, 9.17) is 0 Å². The molecule has 2 fully saturated rings. The summed E-state index contributed by atoms with van der Waals surface area (Å²) in [6, 6.07) is 5.86. The van der Waals surface area contributed by atoms with E-state index in [2.05, 4.69) is 31.7 Å². The molecule has 4 atom stereocenters. The highest BCUT2D eigenvalue weighted by atomic mass is 32.2. The van der Waals surface area contributed by atoms with Gasteiger partial charge in [0.15, 0.2) is 9.84 Å². The Hall–Kier alpha value is -1.56. The number of phenols is 1. The Kier molecular flexibility index (Phi) is 5.47. The van der Waals surface area contributed by atoms with Gasteiger partial charge in [-0.25, -0.2) is 8.42 Å². The zero-order valence-electron chi connectivity index (χ0n) is 19.5. The van der Waals surface area contributed by atoms with Gasteiger partial charge in [-0.1, -0.05) is 32.9 Å². The molecule has 1 amide bonds. The SMILES string of the molecule is CC(C)S(=O)(=O)CC1CC[C@@H](C(=O)N2CC[C@@]3(C)c4cccc(O)c4C[C@@H]2C3(C)C)C1. The fourth-order valence-electron chi connectivity index (χ4n) is 6.40. The van der Waals surface area contributed by atoms with Gasteiger partial charge in [-0.05, 0) is 74.5 Å². The molecule has 1 saturated carbocycles. The number of carbonyl (C=O) groups is 1. The lowest BCUT2D eigenvalue weighted by molar-refractivity contribution is -0.148. The van der Waals surface area contributed by atoms with E-state index in [1.54, 1.807) is 19.9 Å². The smallest absolute Gasteiger partial charge is 0.225 e. The lowest BCUT2D eigenvalue weighted by atomic mass is 9.51. The van der Waals surface area contributed by atoms with Gasteiger partial charge in [0.05, 0.1) is 11.0 Å². The topological polar surface area (TPSA) is 74.7 Å². The van der Waals surface area contributed by atoms with Gasteiger partial charge < -0.3 is 10.0 Å². The van der Waals surface area contributed by atoms with Crippen LogP contribution in [0.3, 0.4) is 0 Å². The molecule has 5 nitrogen and oxygen atoms in total. The molecule has 1 unspecified atom stereocenters. The summed E-state index contributed by atoms with van der Waals surface area (Å²) in [5, 5.41) is 10.2. The first kappa shape index (κ1) is 22.6. The summed E-state index contributed by atoms with van der Waals surface area (Å²) in [4.78, 5) is 15.7. The molecular formula is C25H37NO4S. The van der Waals surface area contributed by atoms with E-state index in [1.165, 1.54) is 5.56 Å². The van der Waals surface area contributed by atoms with Gasteiger partial charge in [0.2, 0.25) is 5.91 Å².